The van der Waals surface area contributed by atoms with Gasteiger partial charge in [-0.25, -0.2) is 4.39 Å². The normalized spacial score (nSPS) is 16.1. The number of benzene rings is 2. The van der Waals surface area contributed by atoms with Crippen LogP contribution in [0.2, 0.25) is 5.02 Å². The molecule has 0 bridgehead atoms. The van der Waals surface area contributed by atoms with Gasteiger partial charge in [-0.2, -0.15) is 4.68 Å². The Bertz CT molecular complexity index is 1200. The molecule has 1 aromatic heterocycles. The van der Waals surface area contributed by atoms with Crippen LogP contribution in [0.25, 0.3) is 5.69 Å². The van der Waals surface area contributed by atoms with Gasteiger partial charge in [-0.15, -0.1) is 5.10 Å². The zero-order chi connectivity index (χ0) is 22.7. The maximum Gasteiger partial charge on any atom is 0.271 e. The minimum Gasteiger partial charge on any atom is -0.354 e. The molecule has 2 heterocycles. The summed E-state index contributed by atoms with van der Waals surface area (Å²) in [6.07, 6.45) is 1.59. The van der Waals surface area contributed by atoms with Crippen molar-refractivity contribution in [1.29, 1.82) is 0 Å². The van der Waals surface area contributed by atoms with E-state index in [0.29, 0.717) is 23.1 Å². The Morgan fingerprint density at radius 2 is 2.06 bits per heavy atom. The molecule has 0 radical (unpaired) electrons. The number of hydrogen-bond acceptors (Lipinski definition) is 4. The first-order valence-electron chi connectivity index (χ1n) is 10.5. The molecule has 3 aromatic rings. The Kier molecular flexibility index (Phi) is 6.55. The molecule has 2 aromatic carbocycles. The van der Waals surface area contributed by atoms with Crippen LogP contribution in [0.3, 0.4) is 0 Å². The average Bonchev–Trinajstić information content (AvgIpc) is 2.80. The summed E-state index contributed by atoms with van der Waals surface area (Å²) in [5.41, 5.74) is 1.98. The molecule has 32 heavy (non-hydrogen) atoms. The molecule has 166 valence electrons. The van der Waals surface area contributed by atoms with Crippen LogP contribution < -0.4 is 15.8 Å². The van der Waals surface area contributed by atoms with Gasteiger partial charge in [0.25, 0.3) is 5.56 Å². The monoisotopic (exact) mass is 454 g/mol. The fourth-order valence-electron chi connectivity index (χ4n) is 3.85. The molecule has 1 amide bonds. The van der Waals surface area contributed by atoms with Gasteiger partial charge in [0.2, 0.25) is 5.91 Å². The van der Waals surface area contributed by atoms with Gasteiger partial charge < -0.3 is 10.2 Å². The number of nitrogens with one attached hydrogen (secondary N) is 1. The number of hydrogen-bond donors (Lipinski definition) is 1. The zero-order valence-electron chi connectivity index (χ0n) is 17.7. The number of aromatic nitrogens is 2. The van der Waals surface area contributed by atoms with Gasteiger partial charge in [0.05, 0.1) is 11.6 Å². The predicted molar refractivity (Wildman–Crippen MR) is 123 cm³/mol. The lowest BCUT2D eigenvalue weighted by atomic mass is 9.97. The van der Waals surface area contributed by atoms with Gasteiger partial charge in [-0.1, -0.05) is 29.8 Å². The topological polar surface area (TPSA) is 67.2 Å². The summed E-state index contributed by atoms with van der Waals surface area (Å²) < 4.78 is 14.7. The number of nitrogens with zero attached hydrogens (tertiary/aromatic N) is 3. The molecule has 0 spiro atoms. The zero-order valence-corrected chi connectivity index (χ0v) is 18.5. The van der Waals surface area contributed by atoms with Crippen molar-refractivity contribution in [3.05, 3.63) is 86.9 Å². The summed E-state index contributed by atoms with van der Waals surface area (Å²) in [6.45, 7) is 3.42. The molecule has 4 rings (SSSR count). The summed E-state index contributed by atoms with van der Waals surface area (Å²) >= 11 is 6.22. The highest BCUT2D eigenvalue weighted by molar-refractivity contribution is 6.31. The van der Waals surface area contributed by atoms with Crippen LogP contribution in [0.15, 0.2) is 59.4 Å². The molecular formula is C24H24ClFN4O2. The van der Waals surface area contributed by atoms with Gasteiger partial charge >= 0.3 is 0 Å². The van der Waals surface area contributed by atoms with E-state index < -0.39 is 0 Å². The van der Waals surface area contributed by atoms with Crippen LogP contribution in [-0.2, 0) is 11.3 Å². The molecular weight excluding hydrogens is 431 g/mol. The van der Waals surface area contributed by atoms with Crippen LogP contribution in [0.1, 0.15) is 24.0 Å². The third-order valence-electron chi connectivity index (χ3n) is 5.66. The fraction of sp³-hybridized carbons (Fsp3) is 0.292. The highest BCUT2D eigenvalue weighted by Gasteiger charge is 2.27. The van der Waals surface area contributed by atoms with Crippen molar-refractivity contribution in [2.45, 2.75) is 26.3 Å². The van der Waals surface area contributed by atoms with Gasteiger partial charge in [0.1, 0.15) is 11.6 Å². The number of rotatable bonds is 5. The number of carbonyl (C=O) groups is 1. The van der Waals surface area contributed by atoms with Gasteiger partial charge in [0.15, 0.2) is 0 Å². The summed E-state index contributed by atoms with van der Waals surface area (Å²) in [7, 11) is 0. The predicted octanol–water partition coefficient (Wildman–Crippen LogP) is 3.87. The van der Waals surface area contributed by atoms with Crippen LogP contribution in [0.5, 0.6) is 0 Å². The van der Waals surface area contributed by atoms with E-state index in [9.17, 15) is 14.0 Å². The molecule has 1 unspecified atom stereocenters. The molecule has 1 fully saturated rings. The molecule has 1 aliphatic heterocycles. The largest absolute Gasteiger partial charge is 0.354 e. The van der Waals surface area contributed by atoms with E-state index in [-0.39, 0.29) is 29.7 Å². The van der Waals surface area contributed by atoms with E-state index >= 15 is 0 Å². The van der Waals surface area contributed by atoms with E-state index in [2.05, 4.69) is 10.4 Å². The molecule has 0 saturated carbocycles. The van der Waals surface area contributed by atoms with Crippen LogP contribution >= 0.6 is 11.6 Å². The van der Waals surface area contributed by atoms with Crippen molar-refractivity contribution in [2.24, 2.45) is 5.92 Å². The second-order valence-corrected chi connectivity index (χ2v) is 8.42. The lowest BCUT2D eigenvalue weighted by molar-refractivity contribution is -0.125. The molecule has 6 nitrogen and oxygen atoms in total. The van der Waals surface area contributed by atoms with Gasteiger partial charge in [0, 0.05) is 30.7 Å². The van der Waals surface area contributed by atoms with Crippen molar-refractivity contribution in [2.75, 3.05) is 18.0 Å². The molecule has 8 heteroatoms. The number of halogens is 2. The molecule has 0 aliphatic carbocycles. The number of amides is 1. The summed E-state index contributed by atoms with van der Waals surface area (Å²) in [5.74, 6) is 0.0199. The Morgan fingerprint density at radius 1 is 1.22 bits per heavy atom. The van der Waals surface area contributed by atoms with Crippen LogP contribution in [0, 0.1) is 18.7 Å². The van der Waals surface area contributed by atoms with E-state index in [1.807, 2.05) is 17.9 Å². The van der Waals surface area contributed by atoms with Crippen molar-refractivity contribution in [1.82, 2.24) is 15.1 Å². The van der Waals surface area contributed by atoms with Crippen LogP contribution in [-0.4, -0.2) is 28.8 Å². The number of piperidine rings is 1. The molecule has 1 N–H and O–H groups in total. The average molecular weight is 455 g/mol. The standard InChI is InChI=1S/C24H24ClFN4O2/c1-16-7-8-20(13-21(16)25)30-23(31)10-9-22(28-30)29-11-3-5-18(15-29)24(32)27-14-17-4-2-6-19(26)12-17/h2,4,6-10,12-13,18H,3,5,11,14-15H2,1H3,(H,27,32). The van der Waals surface area contributed by atoms with Gasteiger partial charge in [-0.3, -0.25) is 9.59 Å². The lowest BCUT2D eigenvalue weighted by Crippen LogP contribution is -2.43. The third-order valence-corrected chi connectivity index (χ3v) is 6.07. The molecule has 1 saturated heterocycles. The summed E-state index contributed by atoms with van der Waals surface area (Å²) in [6, 6.07) is 14.7. The van der Waals surface area contributed by atoms with E-state index in [0.717, 1.165) is 30.5 Å². The fourth-order valence-corrected chi connectivity index (χ4v) is 4.02. The highest BCUT2D eigenvalue weighted by atomic mass is 35.5. The number of anilines is 1. The summed E-state index contributed by atoms with van der Waals surface area (Å²) in [5, 5.41) is 8.00. The first-order chi connectivity index (χ1) is 15.4. The Hall–Kier alpha value is -3.19. The second kappa shape index (κ2) is 9.53. The maximum absolute atomic E-state index is 13.4. The lowest BCUT2D eigenvalue weighted by Gasteiger charge is -2.33. The van der Waals surface area contributed by atoms with Crippen LogP contribution in [0.4, 0.5) is 10.2 Å². The van der Waals surface area contributed by atoms with Crippen molar-refractivity contribution >= 4 is 23.3 Å². The summed E-state index contributed by atoms with van der Waals surface area (Å²) in [4.78, 5) is 27.2. The quantitative estimate of drug-likeness (QED) is 0.635. The first-order valence-corrected chi connectivity index (χ1v) is 10.9. The molecule has 1 atom stereocenters. The van der Waals surface area contributed by atoms with E-state index in [1.165, 1.54) is 22.9 Å². The molecule has 1 aliphatic rings. The Balaban J connectivity index is 1.47. The minimum atomic E-state index is -0.323. The van der Waals surface area contributed by atoms with Gasteiger partial charge in [-0.05, 0) is 61.2 Å². The second-order valence-electron chi connectivity index (χ2n) is 8.01. The van der Waals surface area contributed by atoms with Crippen molar-refractivity contribution < 1.29 is 9.18 Å². The first kappa shape index (κ1) is 22.0. The van der Waals surface area contributed by atoms with Crippen molar-refractivity contribution in [3.63, 3.8) is 0 Å². The maximum atomic E-state index is 13.4. The number of aryl methyl sites for hydroxylation is 1. The minimum absolute atomic E-state index is 0.0717. The number of carbonyl (C=O) groups excluding carboxylic acids is 1. The third kappa shape index (κ3) is 4.99. The van der Waals surface area contributed by atoms with E-state index in [1.54, 1.807) is 30.3 Å². The highest BCUT2D eigenvalue weighted by Crippen LogP contribution is 2.23. The smallest absolute Gasteiger partial charge is 0.271 e. The van der Waals surface area contributed by atoms with E-state index in [4.69, 9.17) is 11.6 Å². The Labute approximate surface area is 190 Å². The Morgan fingerprint density at radius 3 is 2.84 bits per heavy atom. The van der Waals surface area contributed by atoms with Crippen molar-refractivity contribution in [3.8, 4) is 5.69 Å². The SMILES string of the molecule is Cc1ccc(-n2nc(N3CCCC(C(=O)NCc4cccc(F)c4)C3)ccc2=O)cc1Cl.